The van der Waals surface area contributed by atoms with E-state index in [0.717, 1.165) is 5.56 Å². The van der Waals surface area contributed by atoms with E-state index < -0.39 is 16.1 Å². The van der Waals surface area contributed by atoms with Gasteiger partial charge in [-0.25, -0.2) is 13.2 Å². The molecule has 10 heteroatoms. The first kappa shape index (κ1) is 21.4. The van der Waals surface area contributed by atoms with Crippen LogP contribution in [0.25, 0.3) is 0 Å². The molecule has 0 aliphatic heterocycles. The van der Waals surface area contributed by atoms with Crippen molar-refractivity contribution in [2.75, 3.05) is 17.1 Å². The van der Waals surface area contributed by atoms with Crippen molar-refractivity contribution in [3.63, 3.8) is 0 Å². The Morgan fingerprint density at radius 1 is 1.13 bits per heavy atom. The number of urea groups is 1. The maximum atomic E-state index is 12.7. The van der Waals surface area contributed by atoms with Crippen LogP contribution in [0.5, 0.6) is 5.75 Å². The molecular weight excluding hydrogens is 428 g/mol. The number of anilines is 2. The molecule has 3 rings (SSSR count). The minimum atomic E-state index is -3.88. The van der Waals surface area contributed by atoms with Crippen LogP contribution in [0.2, 0.25) is 5.02 Å². The molecule has 156 valence electrons. The van der Waals surface area contributed by atoms with Crippen molar-refractivity contribution in [1.82, 2.24) is 10.3 Å². The fourth-order valence-corrected chi connectivity index (χ4v) is 3.77. The number of halogens is 1. The van der Waals surface area contributed by atoms with Gasteiger partial charge in [-0.2, -0.15) is 0 Å². The first-order chi connectivity index (χ1) is 14.4. The fourth-order valence-electron chi connectivity index (χ4n) is 2.54. The summed E-state index contributed by atoms with van der Waals surface area (Å²) in [6, 6.07) is 13.6. The quantitative estimate of drug-likeness (QED) is 0.510. The van der Waals surface area contributed by atoms with Crippen LogP contribution >= 0.6 is 11.6 Å². The molecule has 1 aromatic heterocycles. The summed E-state index contributed by atoms with van der Waals surface area (Å²) < 4.78 is 32.9. The zero-order chi connectivity index (χ0) is 21.6. The molecule has 0 spiro atoms. The minimum absolute atomic E-state index is 0.0193. The Hall–Kier alpha value is -3.30. The number of hydrogen-bond donors (Lipinski definition) is 3. The second-order valence-corrected chi connectivity index (χ2v) is 8.26. The lowest BCUT2D eigenvalue weighted by atomic mass is 10.3. The molecular formula is C20H19ClN4O4S. The highest BCUT2D eigenvalue weighted by Gasteiger charge is 2.17. The van der Waals surface area contributed by atoms with E-state index in [1.165, 1.54) is 37.4 Å². The first-order valence-corrected chi connectivity index (χ1v) is 10.6. The van der Waals surface area contributed by atoms with Crippen molar-refractivity contribution in [1.29, 1.82) is 0 Å². The van der Waals surface area contributed by atoms with E-state index in [-0.39, 0.29) is 10.6 Å². The van der Waals surface area contributed by atoms with Gasteiger partial charge in [-0.1, -0.05) is 17.7 Å². The molecule has 3 N–H and O–H groups in total. The Kier molecular flexibility index (Phi) is 6.76. The van der Waals surface area contributed by atoms with Gasteiger partial charge in [0.15, 0.2) is 0 Å². The van der Waals surface area contributed by atoms with Crippen LogP contribution in [0.4, 0.5) is 16.2 Å². The van der Waals surface area contributed by atoms with Gasteiger partial charge in [0, 0.05) is 29.6 Å². The molecule has 0 saturated carbocycles. The lowest BCUT2D eigenvalue weighted by Gasteiger charge is -2.13. The van der Waals surface area contributed by atoms with Crippen LogP contribution in [0.1, 0.15) is 5.56 Å². The molecule has 0 fully saturated rings. The normalized spacial score (nSPS) is 10.9. The van der Waals surface area contributed by atoms with Gasteiger partial charge in [0.1, 0.15) is 5.75 Å². The van der Waals surface area contributed by atoms with Crippen molar-refractivity contribution in [2.24, 2.45) is 0 Å². The summed E-state index contributed by atoms with van der Waals surface area (Å²) in [5, 5.41) is 5.71. The Morgan fingerprint density at radius 2 is 1.90 bits per heavy atom. The van der Waals surface area contributed by atoms with Crippen molar-refractivity contribution in [3.05, 3.63) is 77.6 Å². The van der Waals surface area contributed by atoms with Crippen LogP contribution in [0.3, 0.4) is 0 Å². The number of nitrogens with zero attached hydrogens (tertiary/aromatic N) is 1. The molecule has 0 aliphatic carbocycles. The topological polar surface area (TPSA) is 109 Å². The summed E-state index contributed by atoms with van der Waals surface area (Å²) in [6.45, 7) is 0.317. The molecule has 1 heterocycles. The number of carbonyl (C=O) groups is 1. The predicted molar refractivity (Wildman–Crippen MR) is 115 cm³/mol. The second-order valence-electron chi connectivity index (χ2n) is 6.14. The maximum absolute atomic E-state index is 12.7. The zero-order valence-electron chi connectivity index (χ0n) is 15.9. The molecule has 30 heavy (non-hydrogen) atoms. The van der Waals surface area contributed by atoms with Gasteiger partial charge < -0.3 is 15.4 Å². The lowest BCUT2D eigenvalue weighted by Crippen LogP contribution is -2.28. The fraction of sp³-hybridized carbons (Fsp3) is 0.100. The number of amides is 2. The Bertz CT molecular complexity index is 1120. The third-order valence-corrected chi connectivity index (χ3v) is 5.62. The van der Waals surface area contributed by atoms with Gasteiger partial charge in [-0.05, 0) is 54.1 Å². The Balaban J connectivity index is 1.64. The molecule has 2 aromatic carbocycles. The van der Waals surface area contributed by atoms with E-state index in [9.17, 15) is 13.2 Å². The largest absolute Gasteiger partial charge is 0.495 e. The molecule has 3 aromatic rings. The highest BCUT2D eigenvalue weighted by molar-refractivity contribution is 7.92. The summed E-state index contributed by atoms with van der Waals surface area (Å²) in [5.41, 5.74) is 1.52. The highest BCUT2D eigenvalue weighted by Crippen LogP contribution is 2.30. The van der Waals surface area contributed by atoms with Gasteiger partial charge in [0.05, 0.1) is 17.7 Å². The number of pyridine rings is 1. The molecule has 8 nitrogen and oxygen atoms in total. The first-order valence-electron chi connectivity index (χ1n) is 8.77. The third-order valence-electron chi connectivity index (χ3n) is 4.00. The van der Waals surface area contributed by atoms with Gasteiger partial charge in [0.25, 0.3) is 10.0 Å². The van der Waals surface area contributed by atoms with Gasteiger partial charge in [0.2, 0.25) is 0 Å². The number of hydrogen-bond acceptors (Lipinski definition) is 5. The summed E-state index contributed by atoms with van der Waals surface area (Å²) in [6.07, 6.45) is 3.30. The average Bonchev–Trinajstić information content (AvgIpc) is 2.73. The van der Waals surface area contributed by atoms with Crippen molar-refractivity contribution < 1.29 is 17.9 Å². The van der Waals surface area contributed by atoms with E-state index in [0.29, 0.717) is 23.0 Å². The second kappa shape index (κ2) is 9.47. The number of nitrogens with one attached hydrogen (secondary N) is 3. The van der Waals surface area contributed by atoms with E-state index in [1.807, 2.05) is 6.07 Å². The number of ether oxygens (including phenoxy) is 1. The maximum Gasteiger partial charge on any atom is 0.319 e. The van der Waals surface area contributed by atoms with E-state index in [1.54, 1.807) is 30.6 Å². The smallest absolute Gasteiger partial charge is 0.319 e. The van der Waals surface area contributed by atoms with Crippen LogP contribution in [-0.2, 0) is 16.6 Å². The van der Waals surface area contributed by atoms with Crippen LogP contribution in [-0.4, -0.2) is 26.5 Å². The number of methoxy groups -OCH3 is 1. The number of sulfonamides is 1. The van der Waals surface area contributed by atoms with Crippen molar-refractivity contribution >= 4 is 39.0 Å². The van der Waals surface area contributed by atoms with Crippen molar-refractivity contribution in [2.45, 2.75) is 11.4 Å². The monoisotopic (exact) mass is 446 g/mol. The summed E-state index contributed by atoms with van der Waals surface area (Å²) in [5.74, 6) is 0.339. The van der Waals surface area contributed by atoms with Crippen LogP contribution < -0.4 is 20.1 Å². The Morgan fingerprint density at radius 3 is 2.57 bits per heavy atom. The highest BCUT2D eigenvalue weighted by atomic mass is 35.5. The Labute approximate surface area is 179 Å². The van der Waals surface area contributed by atoms with Crippen LogP contribution in [0.15, 0.2) is 71.9 Å². The SMILES string of the molecule is COc1ccc(Cl)cc1NS(=O)(=O)c1ccc(NC(=O)NCc2cccnc2)cc1. The van der Waals surface area contributed by atoms with Gasteiger partial charge in [-0.3, -0.25) is 9.71 Å². The zero-order valence-corrected chi connectivity index (χ0v) is 17.5. The molecule has 0 radical (unpaired) electrons. The number of aromatic nitrogens is 1. The number of carbonyl (C=O) groups excluding carboxylic acids is 1. The number of rotatable bonds is 7. The van der Waals surface area contributed by atoms with Crippen LogP contribution in [0, 0.1) is 0 Å². The summed E-state index contributed by atoms with van der Waals surface area (Å²) in [4.78, 5) is 16.0. The van der Waals surface area contributed by atoms with Gasteiger partial charge in [-0.15, -0.1) is 0 Å². The lowest BCUT2D eigenvalue weighted by molar-refractivity contribution is 0.251. The molecule has 0 atom stereocenters. The number of benzene rings is 2. The summed E-state index contributed by atoms with van der Waals surface area (Å²) in [7, 11) is -2.45. The third kappa shape index (κ3) is 5.62. The molecule has 0 unspecified atom stereocenters. The van der Waals surface area contributed by atoms with E-state index >= 15 is 0 Å². The average molecular weight is 447 g/mol. The standard InChI is InChI=1S/C20H19ClN4O4S/c1-29-19-9-4-15(21)11-18(19)25-30(27,28)17-7-5-16(6-8-17)24-20(26)23-13-14-3-2-10-22-12-14/h2-12,25H,13H2,1H3,(H2,23,24,26). The molecule has 0 saturated heterocycles. The molecule has 0 bridgehead atoms. The van der Waals surface area contributed by atoms with Gasteiger partial charge >= 0.3 is 6.03 Å². The molecule has 2 amide bonds. The predicted octanol–water partition coefficient (Wildman–Crippen LogP) is 3.87. The molecule has 0 aliphatic rings. The minimum Gasteiger partial charge on any atom is -0.495 e. The van der Waals surface area contributed by atoms with Crippen molar-refractivity contribution in [3.8, 4) is 5.75 Å². The van der Waals surface area contributed by atoms with E-state index in [2.05, 4.69) is 20.3 Å². The summed E-state index contributed by atoms with van der Waals surface area (Å²) >= 11 is 5.94. The van der Waals surface area contributed by atoms with E-state index in [4.69, 9.17) is 16.3 Å².